The quantitative estimate of drug-likeness (QED) is 0.113. The molecule has 2 heteroatoms. The largest absolute Gasteiger partial charge is 0.317 e. The number of fused-ring (bicyclic) bond motifs is 1. The van der Waals surface area contributed by atoms with Gasteiger partial charge in [-0.3, -0.25) is 0 Å². The van der Waals surface area contributed by atoms with Crippen LogP contribution in [0, 0.1) is 26.2 Å². The molecule has 1 atom stereocenters. The van der Waals surface area contributed by atoms with Gasteiger partial charge in [0, 0.05) is 34.2 Å². The van der Waals surface area contributed by atoms with Crippen LogP contribution in [0.5, 0.6) is 0 Å². The van der Waals surface area contributed by atoms with Gasteiger partial charge in [0.25, 0.3) is 0 Å². The Morgan fingerprint density at radius 1 is 0.681 bits per heavy atom. The van der Waals surface area contributed by atoms with Gasteiger partial charge in [-0.1, -0.05) is 251 Å². The maximum absolute atomic E-state index is 4.94. The number of aryl methyl sites for hydroxylation is 2. The van der Waals surface area contributed by atoms with E-state index in [4.69, 9.17) is 6.42 Å². The lowest BCUT2D eigenvalue weighted by atomic mass is 9.94. The van der Waals surface area contributed by atoms with Crippen LogP contribution in [-0.4, -0.2) is 5.75 Å². The van der Waals surface area contributed by atoms with Crippen LogP contribution < -0.4 is 4.90 Å². The molecule has 5 aromatic rings. The van der Waals surface area contributed by atoms with E-state index < -0.39 is 0 Å². The molecule has 0 amide bonds. The van der Waals surface area contributed by atoms with Gasteiger partial charge in [-0.15, -0.1) is 18.2 Å². The van der Waals surface area contributed by atoms with E-state index in [0.29, 0.717) is 5.92 Å². The molecular weight excluding hydrogens is 887 g/mol. The van der Waals surface area contributed by atoms with Crippen molar-refractivity contribution in [3.05, 3.63) is 270 Å². The number of nitrogens with zero attached hydrogens (tertiary/aromatic N) is 1. The first-order valence-corrected chi connectivity index (χ1v) is 26.9. The molecule has 0 N–H and O–H groups in total. The minimum atomic E-state index is 0.363. The number of thioether (sulfide) groups is 1. The topological polar surface area (TPSA) is 3.24 Å². The fourth-order valence-electron chi connectivity index (χ4n) is 6.93. The molecule has 2 aliphatic rings. The summed E-state index contributed by atoms with van der Waals surface area (Å²) in [7, 11) is 0. The normalized spacial score (nSPS) is 16.1. The van der Waals surface area contributed by atoms with Crippen LogP contribution in [-0.2, 0) is 0 Å². The second-order valence-electron chi connectivity index (χ2n) is 16.7. The molecule has 0 saturated heterocycles. The molecule has 378 valence electrons. The molecule has 0 bridgehead atoms. The predicted molar refractivity (Wildman–Crippen MR) is 330 cm³/mol. The SMILES string of the molecule is C#C/C=C\C=C/CC.C=C(C)c1ccccc1.C=C1/C=C\C(C)=C/N(c2ccc(C(=C)/C=C(\C)c3ccccc3)cc2)C2=C\1CSc1ccccc1C(CC)/C=C\2.CC.CC.CCC.Cc1ccccc1C. The highest BCUT2D eigenvalue weighted by Crippen LogP contribution is 2.39. The molecule has 5 aromatic carbocycles. The van der Waals surface area contributed by atoms with Gasteiger partial charge < -0.3 is 4.90 Å². The Bertz CT molecular complexity index is 2600. The van der Waals surface area contributed by atoms with Crippen LogP contribution in [0.25, 0.3) is 16.7 Å². The van der Waals surface area contributed by atoms with Gasteiger partial charge in [-0.25, -0.2) is 0 Å². The van der Waals surface area contributed by atoms with Crippen LogP contribution in [0.15, 0.2) is 241 Å². The molecule has 72 heavy (non-hydrogen) atoms. The van der Waals surface area contributed by atoms with Crippen LogP contribution in [0.3, 0.4) is 0 Å². The van der Waals surface area contributed by atoms with E-state index in [1.807, 2.05) is 88.9 Å². The number of hydrogen-bond donors (Lipinski definition) is 0. The van der Waals surface area contributed by atoms with E-state index in [0.717, 1.165) is 46.6 Å². The summed E-state index contributed by atoms with van der Waals surface area (Å²) in [6, 6.07) is 46.6. The van der Waals surface area contributed by atoms with Crippen molar-refractivity contribution < 1.29 is 0 Å². The number of terminal acetylenes is 1. The van der Waals surface area contributed by atoms with E-state index in [-0.39, 0.29) is 0 Å². The highest BCUT2D eigenvalue weighted by atomic mass is 32.2. The Kier molecular flexibility index (Phi) is 33.3. The summed E-state index contributed by atoms with van der Waals surface area (Å²) in [6.07, 6.45) is 29.2. The van der Waals surface area contributed by atoms with Crippen LogP contribution in [0.2, 0.25) is 0 Å². The molecule has 0 radical (unpaired) electrons. The van der Waals surface area contributed by atoms with Crippen LogP contribution in [0.4, 0.5) is 5.69 Å². The predicted octanol–water partition coefficient (Wildman–Crippen LogP) is 21.4. The zero-order valence-corrected chi connectivity index (χ0v) is 47.3. The standard InChI is InChI=1S/C38H37NS.C9H10.2C8H10.C3H8.2C2H6/c1-6-31-20-23-37-36(26-40-38-15-11-10-14-35(31)38)28(3)17-16-27(2)25-39(37)34-21-18-33(19-22-34)30(5)24-29(4)32-12-8-7-9-13-32;1-8(2)9-6-4-3-5-7-9;1-7-5-3-4-6-8(7)2;1-3-5-7-8-6-4-2;1-3-2;2*1-2/h7-25,31H,3,5-6,26H2,1-2,4H3;3-7H,1H2,2H3;3-6H,1-2H3;1,5-8H,4H2,2H3;3H2,1-2H3;2*1-2H3/b17-16-,23-20-,27-25-,29-24+,37-36-;;;7-5-,8-6-;;;. The molecule has 2 aliphatic heterocycles. The first-order chi connectivity index (χ1) is 34.9. The lowest BCUT2D eigenvalue weighted by Gasteiger charge is -2.28. The number of benzene rings is 5. The number of rotatable bonds is 8. The summed E-state index contributed by atoms with van der Waals surface area (Å²) in [5.41, 5.74) is 16.8. The Hall–Kier alpha value is -6.79. The van der Waals surface area contributed by atoms with Crippen molar-refractivity contribution >= 4 is 34.2 Å². The second-order valence-corrected chi connectivity index (χ2v) is 17.7. The smallest absolute Gasteiger partial charge is 0.0498 e. The van der Waals surface area contributed by atoms with Crippen LogP contribution in [0.1, 0.15) is 135 Å². The Morgan fingerprint density at radius 2 is 1.22 bits per heavy atom. The van der Waals surface area contributed by atoms with Crippen LogP contribution >= 0.6 is 11.8 Å². The third-order valence-corrected chi connectivity index (χ3v) is 12.1. The highest BCUT2D eigenvalue weighted by Gasteiger charge is 2.21. The monoisotopic (exact) mass is 974 g/mol. The third-order valence-electron chi connectivity index (χ3n) is 11.0. The van der Waals surface area contributed by atoms with Gasteiger partial charge in [0.15, 0.2) is 0 Å². The zero-order valence-electron chi connectivity index (χ0n) is 46.4. The first kappa shape index (κ1) is 63.2. The van der Waals surface area contributed by atoms with Gasteiger partial charge >= 0.3 is 0 Å². The molecule has 0 aromatic heterocycles. The van der Waals surface area contributed by atoms with E-state index in [1.54, 1.807) is 6.08 Å². The fraction of sp³-hybridized carbons (Fsp3) is 0.257. The molecule has 0 spiro atoms. The van der Waals surface area contributed by atoms with Crippen molar-refractivity contribution in [3.8, 4) is 12.3 Å². The first-order valence-electron chi connectivity index (χ1n) is 25.9. The molecular formula is C70H87NS. The van der Waals surface area contributed by atoms with Crippen molar-refractivity contribution in [1.29, 1.82) is 0 Å². The van der Waals surface area contributed by atoms with Crippen molar-refractivity contribution in [1.82, 2.24) is 0 Å². The maximum Gasteiger partial charge on any atom is 0.0498 e. The Labute approximate surface area is 444 Å². The lowest BCUT2D eigenvalue weighted by molar-refractivity contribution is 0.788. The molecule has 2 heterocycles. The summed E-state index contributed by atoms with van der Waals surface area (Å²) < 4.78 is 0. The Morgan fingerprint density at radius 3 is 1.74 bits per heavy atom. The summed E-state index contributed by atoms with van der Waals surface area (Å²) >= 11 is 1.91. The van der Waals surface area contributed by atoms with E-state index >= 15 is 0 Å². The third kappa shape index (κ3) is 23.0. The highest BCUT2D eigenvalue weighted by molar-refractivity contribution is 7.99. The van der Waals surface area contributed by atoms with Gasteiger partial charge in [0.05, 0.1) is 0 Å². The maximum atomic E-state index is 4.94. The molecule has 7 rings (SSSR count). The van der Waals surface area contributed by atoms with Gasteiger partial charge in [0.1, 0.15) is 0 Å². The fourth-order valence-corrected chi connectivity index (χ4v) is 8.13. The Balaban J connectivity index is 0.000000652. The molecule has 0 aliphatic carbocycles. The van der Waals surface area contributed by atoms with E-state index in [9.17, 15) is 0 Å². The lowest BCUT2D eigenvalue weighted by Crippen LogP contribution is -2.19. The molecule has 0 fully saturated rings. The molecule has 1 nitrogen and oxygen atoms in total. The summed E-state index contributed by atoms with van der Waals surface area (Å²) in [5, 5.41) is 0. The van der Waals surface area contributed by atoms with Crippen molar-refractivity contribution in [2.75, 3.05) is 10.7 Å². The minimum absolute atomic E-state index is 0.363. The summed E-state index contributed by atoms with van der Waals surface area (Å²) in [4.78, 5) is 3.68. The van der Waals surface area contributed by atoms with Gasteiger partial charge in [0.2, 0.25) is 0 Å². The number of anilines is 1. The number of hydrogen-bond acceptors (Lipinski definition) is 2. The average molecular weight is 975 g/mol. The number of allylic oxidation sites excluding steroid dienone is 14. The average Bonchev–Trinajstić information content (AvgIpc) is 3.49. The van der Waals surface area contributed by atoms with Crippen molar-refractivity contribution in [2.45, 2.75) is 120 Å². The minimum Gasteiger partial charge on any atom is -0.317 e. The van der Waals surface area contributed by atoms with Gasteiger partial charge in [-0.05, 0) is 139 Å². The van der Waals surface area contributed by atoms with Crippen molar-refractivity contribution in [3.63, 3.8) is 0 Å². The van der Waals surface area contributed by atoms with Crippen molar-refractivity contribution in [2.24, 2.45) is 0 Å². The second kappa shape index (κ2) is 38.0. The summed E-state index contributed by atoms with van der Waals surface area (Å²) in [6.45, 7) is 39.8. The van der Waals surface area contributed by atoms with Gasteiger partial charge in [-0.2, -0.15) is 0 Å². The van der Waals surface area contributed by atoms with E-state index in [2.05, 4.69) is 232 Å². The molecule has 0 saturated carbocycles. The molecule has 1 unspecified atom stereocenters. The summed E-state index contributed by atoms with van der Waals surface area (Å²) in [5.74, 6) is 3.62. The zero-order chi connectivity index (χ0) is 53.7. The van der Waals surface area contributed by atoms with E-state index in [1.165, 1.54) is 61.5 Å².